The first-order valence-electron chi connectivity index (χ1n) is 7.07. The van der Waals surface area contributed by atoms with Crippen LogP contribution >= 0.6 is 15.9 Å². The van der Waals surface area contributed by atoms with Crippen LogP contribution in [0.5, 0.6) is 17.2 Å². The van der Waals surface area contributed by atoms with Crippen LogP contribution in [0.25, 0.3) is 6.08 Å². The number of carbonyl (C=O) groups excluding carboxylic acids is 1. The summed E-state index contributed by atoms with van der Waals surface area (Å²) in [5.41, 5.74) is 1.23. The second-order valence-corrected chi connectivity index (χ2v) is 5.57. The molecular formula is C18H17BrO4. The lowest BCUT2D eigenvalue weighted by Crippen LogP contribution is -1.97. The number of halogens is 1. The third-order valence-corrected chi connectivity index (χ3v) is 3.68. The first kappa shape index (κ1) is 17.1. The van der Waals surface area contributed by atoms with E-state index in [-0.39, 0.29) is 11.5 Å². The SMILES string of the molecule is CCOc1cc(/C=C/C(=O)c2cccc(O)c2)cc(Br)c1OC. The molecule has 0 fully saturated rings. The molecule has 0 aromatic heterocycles. The van der Waals surface area contributed by atoms with Gasteiger partial charge in [-0.3, -0.25) is 4.79 Å². The van der Waals surface area contributed by atoms with E-state index >= 15 is 0 Å². The Labute approximate surface area is 143 Å². The number of hydrogen-bond acceptors (Lipinski definition) is 4. The molecule has 2 aromatic rings. The van der Waals surface area contributed by atoms with E-state index in [1.54, 1.807) is 31.4 Å². The van der Waals surface area contributed by atoms with Gasteiger partial charge < -0.3 is 14.6 Å². The van der Waals surface area contributed by atoms with Crippen LogP contribution in [0, 0.1) is 0 Å². The van der Waals surface area contributed by atoms with Gasteiger partial charge in [0, 0.05) is 5.56 Å². The number of aromatic hydroxyl groups is 1. The van der Waals surface area contributed by atoms with Crippen LogP contribution in [0.2, 0.25) is 0 Å². The van der Waals surface area contributed by atoms with Crippen molar-refractivity contribution in [2.75, 3.05) is 13.7 Å². The first-order valence-corrected chi connectivity index (χ1v) is 7.86. The van der Waals surface area contributed by atoms with Crippen LogP contribution in [-0.2, 0) is 0 Å². The number of phenolic OH excluding ortho intramolecular Hbond substituents is 1. The van der Waals surface area contributed by atoms with Crippen molar-refractivity contribution in [2.45, 2.75) is 6.92 Å². The molecule has 0 aliphatic rings. The number of rotatable bonds is 6. The summed E-state index contributed by atoms with van der Waals surface area (Å²) in [5.74, 6) is 1.10. The molecule has 2 aromatic carbocycles. The van der Waals surface area contributed by atoms with Gasteiger partial charge in [-0.1, -0.05) is 18.2 Å². The lowest BCUT2D eigenvalue weighted by Gasteiger charge is -2.12. The van der Waals surface area contributed by atoms with Gasteiger partial charge in [-0.05, 0) is 58.8 Å². The summed E-state index contributed by atoms with van der Waals surface area (Å²) in [5, 5.41) is 9.42. The molecule has 0 radical (unpaired) electrons. The number of ketones is 1. The topological polar surface area (TPSA) is 55.8 Å². The van der Waals surface area contributed by atoms with Gasteiger partial charge in [0.25, 0.3) is 0 Å². The van der Waals surface area contributed by atoms with Crippen molar-refractivity contribution in [3.63, 3.8) is 0 Å². The summed E-state index contributed by atoms with van der Waals surface area (Å²) in [6.07, 6.45) is 3.15. The van der Waals surface area contributed by atoms with Crippen molar-refractivity contribution in [3.05, 3.63) is 58.1 Å². The van der Waals surface area contributed by atoms with Crippen LogP contribution < -0.4 is 9.47 Å². The highest BCUT2D eigenvalue weighted by Crippen LogP contribution is 2.36. The minimum absolute atomic E-state index is 0.0649. The highest BCUT2D eigenvalue weighted by molar-refractivity contribution is 9.10. The molecule has 0 bridgehead atoms. The number of methoxy groups -OCH3 is 1. The summed E-state index contributed by atoms with van der Waals surface area (Å²) in [7, 11) is 1.57. The molecule has 0 atom stereocenters. The summed E-state index contributed by atoms with van der Waals surface area (Å²) >= 11 is 3.43. The smallest absolute Gasteiger partial charge is 0.185 e. The number of hydrogen-bond donors (Lipinski definition) is 1. The van der Waals surface area contributed by atoms with Gasteiger partial charge in [0.05, 0.1) is 18.2 Å². The number of ether oxygens (including phenoxy) is 2. The van der Waals surface area contributed by atoms with Crippen molar-refractivity contribution in [1.29, 1.82) is 0 Å². The Balaban J connectivity index is 2.27. The van der Waals surface area contributed by atoms with Crippen LogP contribution in [-0.4, -0.2) is 24.6 Å². The van der Waals surface area contributed by atoms with E-state index < -0.39 is 0 Å². The van der Waals surface area contributed by atoms with E-state index in [1.165, 1.54) is 18.2 Å². The highest BCUT2D eigenvalue weighted by Gasteiger charge is 2.10. The van der Waals surface area contributed by atoms with Gasteiger partial charge in [0.2, 0.25) is 0 Å². The van der Waals surface area contributed by atoms with Gasteiger partial charge in [0.15, 0.2) is 17.3 Å². The van der Waals surface area contributed by atoms with Crippen molar-refractivity contribution >= 4 is 27.8 Å². The number of phenols is 1. The van der Waals surface area contributed by atoms with Gasteiger partial charge >= 0.3 is 0 Å². The monoisotopic (exact) mass is 376 g/mol. The van der Waals surface area contributed by atoms with Gasteiger partial charge in [-0.15, -0.1) is 0 Å². The van der Waals surface area contributed by atoms with Crippen LogP contribution in [0.4, 0.5) is 0 Å². The normalized spacial score (nSPS) is 10.7. The van der Waals surface area contributed by atoms with Crippen LogP contribution in [0.1, 0.15) is 22.8 Å². The average molecular weight is 377 g/mol. The van der Waals surface area contributed by atoms with Crippen molar-refractivity contribution in [2.24, 2.45) is 0 Å². The lowest BCUT2D eigenvalue weighted by molar-refractivity contribution is 0.104. The van der Waals surface area contributed by atoms with Gasteiger partial charge in [0.1, 0.15) is 5.75 Å². The fourth-order valence-electron chi connectivity index (χ4n) is 2.07. The van der Waals surface area contributed by atoms with Gasteiger partial charge in [-0.2, -0.15) is 0 Å². The molecular weight excluding hydrogens is 360 g/mol. The summed E-state index contributed by atoms with van der Waals surface area (Å²) in [4.78, 5) is 12.1. The third kappa shape index (κ3) is 4.36. The Morgan fingerprint density at radius 1 is 1.30 bits per heavy atom. The predicted molar refractivity (Wildman–Crippen MR) is 93.3 cm³/mol. The molecule has 5 heteroatoms. The molecule has 120 valence electrons. The third-order valence-electron chi connectivity index (χ3n) is 3.09. The molecule has 0 spiro atoms. The van der Waals surface area contributed by atoms with Crippen molar-refractivity contribution < 1.29 is 19.4 Å². The molecule has 0 saturated heterocycles. The molecule has 0 heterocycles. The Bertz CT molecular complexity index is 738. The second kappa shape index (κ2) is 7.83. The zero-order chi connectivity index (χ0) is 16.8. The van der Waals surface area contributed by atoms with E-state index in [4.69, 9.17) is 9.47 Å². The number of benzene rings is 2. The van der Waals surface area contributed by atoms with Crippen molar-refractivity contribution in [3.8, 4) is 17.2 Å². The zero-order valence-electron chi connectivity index (χ0n) is 12.9. The average Bonchev–Trinajstić information content (AvgIpc) is 2.53. The minimum atomic E-state index is -0.189. The number of carbonyl (C=O) groups is 1. The summed E-state index contributed by atoms with van der Waals surface area (Å²) in [6, 6.07) is 9.89. The molecule has 0 saturated carbocycles. The van der Waals surface area contributed by atoms with E-state index in [1.807, 2.05) is 13.0 Å². The minimum Gasteiger partial charge on any atom is -0.508 e. The van der Waals surface area contributed by atoms with Crippen molar-refractivity contribution in [1.82, 2.24) is 0 Å². The molecule has 2 rings (SSSR count). The maximum atomic E-state index is 12.1. The second-order valence-electron chi connectivity index (χ2n) is 4.72. The molecule has 0 aliphatic heterocycles. The van der Waals surface area contributed by atoms with Gasteiger partial charge in [-0.25, -0.2) is 0 Å². The quantitative estimate of drug-likeness (QED) is 0.597. The Hall–Kier alpha value is -2.27. The molecule has 1 N–H and O–H groups in total. The molecule has 0 unspecified atom stereocenters. The van der Waals surface area contributed by atoms with E-state index in [0.717, 1.165) is 10.0 Å². The molecule has 0 amide bonds. The summed E-state index contributed by atoms with van der Waals surface area (Å²) in [6.45, 7) is 2.40. The fraction of sp³-hybridized carbons (Fsp3) is 0.167. The molecule has 23 heavy (non-hydrogen) atoms. The zero-order valence-corrected chi connectivity index (χ0v) is 14.5. The number of allylic oxidation sites excluding steroid dienone is 1. The first-order chi connectivity index (χ1) is 11.0. The van der Waals surface area contributed by atoms with Crippen LogP contribution in [0.3, 0.4) is 0 Å². The maximum Gasteiger partial charge on any atom is 0.185 e. The highest BCUT2D eigenvalue weighted by atomic mass is 79.9. The van der Waals surface area contributed by atoms with Crippen LogP contribution in [0.15, 0.2) is 46.9 Å². The standard InChI is InChI=1S/C18H17BrO4/c1-3-23-17-10-12(9-15(19)18(17)22-2)7-8-16(21)13-5-4-6-14(20)11-13/h4-11,20H,3H2,1-2H3/b8-7+. The molecule has 4 nitrogen and oxygen atoms in total. The predicted octanol–water partition coefficient (Wildman–Crippen LogP) is 4.46. The largest absolute Gasteiger partial charge is 0.508 e. The maximum absolute atomic E-state index is 12.1. The molecule has 0 aliphatic carbocycles. The lowest BCUT2D eigenvalue weighted by atomic mass is 10.1. The van der Waals surface area contributed by atoms with E-state index in [9.17, 15) is 9.90 Å². The van der Waals surface area contributed by atoms with E-state index in [0.29, 0.717) is 23.7 Å². The Kier molecular flexibility index (Phi) is 5.82. The Morgan fingerprint density at radius 2 is 2.09 bits per heavy atom. The Morgan fingerprint density at radius 3 is 2.74 bits per heavy atom. The summed E-state index contributed by atoms with van der Waals surface area (Å²) < 4.78 is 11.6. The fourth-order valence-corrected chi connectivity index (χ4v) is 2.69. The van der Waals surface area contributed by atoms with E-state index in [2.05, 4.69) is 15.9 Å².